The molecule has 6 nitrogen and oxygen atoms in total. The van der Waals surface area contributed by atoms with Crippen molar-refractivity contribution in [2.24, 2.45) is 0 Å². The van der Waals surface area contributed by atoms with Crippen molar-refractivity contribution in [3.05, 3.63) is 70.8 Å². The molecule has 0 aliphatic heterocycles. The van der Waals surface area contributed by atoms with Crippen LogP contribution in [0.4, 0.5) is 22.0 Å². The van der Waals surface area contributed by atoms with Crippen LogP contribution in [0.15, 0.2) is 59.3 Å². The second-order valence-corrected chi connectivity index (χ2v) is 7.54. The van der Waals surface area contributed by atoms with Gasteiger partial charge in [0, 0.05) is 16.2 Å². The van der Waals surface area contributed by atoms with Gasteiger partial charge in [0.1, 0.15) is 17.3 Å². The molecular weight excluding hydrogens is 501 g/mol. The van der Waals surface area contributed by atoms with Gasteiger partial charge < -0.3 is 9.30 Å². The predicted molar refractivity (Wildman–Crippen MR) is 108 cm³/mol. The fraction of sp³-hybridized carbons (Fsp3) is 0.150. The molecule has 0 saturated heterocycles. The minimum absolute atomic E-state index is 0.346. The predicted octanol–water partition coefficient (Wildman–Crippen LogP) is 6.03. The molecule has 2 aromatic heterocycles. The Morgan fingerprint density at radius 3 is 2.38 bits per heavy atom. The Balaban J connectivity index is 1.79. The van der Waals surface area contributed by atoms with E-state index in [4.69, 9.17) is 0 Å². The third kappa shape index (κ3) is 4.49. The van der Waals surface area contributed by atoms with Crippen molar-refractivity contribution < 1.29 is 26.7 Å². The zero-order valence-corrected chi connectivity index (χ0v) is 17.8. The van der Waals surface area contributed by atoms with Crippen LogP contribution in [-0.2, 0) is 0 Å². The zero-order chi connectivity index (χ0) is 23.0. The summed E-state index contributed by atoms with van der Waals surface area (Å²) in [5, 5.41) is 8.01. The molecule has 32 heavy (non-hydrogen) atoms. The van der Waals surface area contributed by atoms with E-state index in [0.717, 1.165) is 0 Å². The van der Waals surface area contributed by atoms with Gasteiger partial charge in [-0.05, 0) is 49.4 Å². The molecule has 0 spiro atoms. The van der Waals surface area contributed by atoms with Crippen molar-refractivity contribution >= 4 is 15.9 Å². The maximum Gasteiger partial charge on any atom is 0.573 e. The highest BCUT2D eigenvalue weighted by atomic mass is 79.9. The van der Waals surface area contributed by atoms with Gasteiger partial charge in [-0.3, -0.25) is 0 Å². The lowest BCUT2D eigenvalue weighted by Crippen LogP contribution is -2.16. The number of hydrogen-bond acceptors (Lipinski definition) is 4. The summed E-state index contributed by atoms with van der Waals surface area (Å²) in [6, 6.07) is 10.4. The summed E-state index contributed by atoms with van der Waals surface area (Å²) in [4.78, 5) is 3.90. The Hall–Kier alpha value is -3.28. The van der Waals surface area contributed by atoms with E-state index in [0.29, 0.717) is 32.9 Å². The van der Waals surface area contributed by atoms with Crippen LogP contribution in [0.1, 0.15) is 17.9 Å². The Kier molecular flexibility index (Phi) is 5.71. The molecule has 0 aliphatic carbocycles. The summed E-state index contributed by atoms with van der Waals surface area (Å²) < 4.78 is 71.1. The van der Waals surface area contributed by atoms with Crippen LogP contribution >= 0.6 is 15.9 Å². The van der Waals surface area contributed by atoms with Crippen molar-refractivity contribution in [1.29, 1.82) is 0 Å². The lowest BCUT2D eigenvalue weighted by Gasteiger charge is -2.14. The van der Waals surface area contributed by atoms with E-state index in [1.807, 2.05) is 0 Å². The molecule has 4 aromatic rings. The van der Waals surface area contributed by atoms with Crippen molar-refractivity contribution in [3.63, 3.8) is 0 Å². The molecular formula is C20H13BrF5N5O. The minimum Gasteiger partial charge on any atom is -0.406 e. The van der Waals surface area contributed by atoms with Gasteiger partial charge in [0.2, 0.25) is 0 Å². The Morgan fingerprint density at radius 2 is 1.75 bits per heavy atom. The summed E-state index contributed by atoms with van der Waals surface area (Å²) in [6.07, 6.45) is -4.84. The van der Waals surface area contributed by atoms with Gasteiger partial charge in [-0.15, -0.1) is 18.3 Å². The number of rotatable bonds is 5. The van der Waals surface area contributed by atoms with Gasteiger partial charge in [0.25, 0.3) is 6.43 Å². The molecule has 0 amide bonds. The first-order chi connectivity index (χ1) is 15.1. The average Bonchev–Trinajstić information content (AvgIpc) is 3.34. The second-order valence-electron chi connectivity index (χ2n) is 6.62. The number of halogens is 6. The summed E-state index contributed by atoms with van der Waals surface area (Å²) in [6.45, 7) is 1.60. The first-order valence-corrected chi connectivity index (χ1v) is 9.83. The molecule has 166 valence electrons. The molecule has 12 heteroatoms. The van der Waals surface area contributed by atoms with Gasteiger partial charge in [0.15, 0.2) is 0 Å². The third-order valence-electron chi connectivity index (χ3n) is 4.48. The topological polar surface area (TPSA) is 57.8 Å². The lowest BCUT2D eigenvalue weighted by molar-refractivity contribution is -0.274. The summed E-state index contributed by atoms with van der Waals surface area (Å²) in [5.74, 6) is -0.0174. The molecule has 0 bridgehead atoms. The van der Waals surface area contributed by atoms with Crippen molar-refractivity contribution in [2.45, 2.75) is 19.7 Å². The van der Waals surface area contributed by atoms with Gasteiger partial charge in [0.05, 0.1) is 23.3 Å². The molecule has 0 saturated carbocycles. The van der Waals surface area contributed by atoms with E-state index in [9.17, 15) is 22.0 Å². The van der Waals surface area contributed by atoms with Crippen LogP contribution in [0.2, 0.25) is 0 Å². The maximum atomic E-state index is 13.1. The Labute approximate surface area is 186 Å². The molecule has 4 rings (SSSR count). The third-order valence-corrected chi connectivity index (χ3v) is 4.98. The lowest BCUT2D eigenvalue weighted by atomic mass is 10.1. The number of nitrogens with zero attached hydrogens (tertiary/aromatic N) is 5. The number of aryl methyl sites for hydroxylation is 1. The number of alkyl halides is 5. The number of hydrogen-bond donors (Lipinski definition) is 0. The molecule has 2 heterocycles. The normalized spacial score (nSPS) is 11.9. The highest BCUT2D eigenvalue weighted by Gasteiger charge is 2.31. The molecule has 0 N–H and O–H groups in total. The van der Waals surface area contributed by atoms with Crippen molar-refractivity contribution in [1.82, 2.24) is 24.5 Å². The van der Waals surface area contributed by atoms with Gasteiger partial charge >= 0.3 is 6.36 Å². The quantitative estimate of drug-likeness (QED) is 0.306. The molecule has 2 aromatic carbocycles. The van der Waals surface area contributed by atoms with Crippen LogP contribution in [0.5, 0.6) is 5.75 Å². The SMILES string of the molecule is Cc1nc(C(F)F)cn1-c1ccc(Br)cc1-n1nncc1-c1ccc(OC(F)(F)F)cc1. The first kappa shape index (κ1) is 21.9. The first-order valence-electron chi connectivity index (χ1n) is 9.03. The standard InChI is InChI=1S/C20H13BrF5N5O/c1-11-28-15(19(22)23)10-30(11)16-7-4-13(21)8-17(16)31-18(9-27-29-31)12-2-5-14(6-3-12)32-20(24,25)26/h2-10,19H,1H3. The highest BCUT2D eigenvalue weighted by molar-refractivity contribution is 9.10. The number of ether oxygens (including phenoxy) is 1. The van der Waals surface area contributed by atoms with E-state index >= 15 is 0 Å². The van der Waals surface area contributed by atoms with Crippen molar-refractivity contribution in [2.75, 3.05) is 0 Å². The van der Waals surface area contributed by atoms with Crippen LogP contribution < -0.4 is 4.74 Å². The molecule has 0 fully saturated rings. The van der Waals surface area contributed by atoms with Crippen LogP contribution in [0.3, 0.4) is 0 Å². The average molecular weight is 514 g/mol. The van der Waals surface area contributed by atoms with Crippen LogP contribution in [-0.4, -0.2) is 30.9 Å². The van der Waals surface area contributed by atoms with E-state index in [1.54, 1.807) is 25.1 Å². The largest absolute Gasteiger partial charge is 0.573 e. The van der Waals surface area contributed by atoms with Crippen LogP contribution in [0.25, 0.3) is 22.6 Å². The second kappa shape index (κ2) is 8.34. The maximum absolute atomic E-state index is 13.1. The molecule has 0 unspecified atom stereocenters. The van der Waals surface area contributed by atoms with Crippen LogP contribution in [0, 0.1) is 6.92 Å². The molecule has 0 aliphatic rings. The van der Waals surface area contributed by atoms with E-state index < -0.39 is 12.8 Å². The number of benzene rings is 2. The zero-order valence-electron chi connectivity index (χ0n) is 16.2. The Morgan fingerprint density at radius 1 is 1.03 bits per heavy atom. The van der Waals surface area contributed by atoms with E-state index in [2.05, 4.69) is 36.0 Å². The number of aromatic nitrogens is 5. The summed E-state index contributed by atoms with van der Waals surface area (Å²) in [7, 11) is 0. The highest BCUT2D eigenvalue weighted by Crippen LogP contribution is 2.31. The molecule has 0 atom stereocenters. The summed E-state index contributed by atoms with van der Waals surface area (Å²) in [5.41, 5.74) is 1.62. The minimum atomic E-state index is -4.80. The van der Waals surface area contributed by atoms with Gasteiger partial charge in [-0.1, -0.05) is 21.1 Å². The summed E-state index contributed by atoms with van der Waals surface area (Å²) >= 11 is 3.39. The van der Waals surface area contributed by atoms with E-state index in [1.165, 1.54) is 45.9 Å². The van der Waals surface area contributed by atoms with Crippen molar-refractivity contribution in [3.8, 4) is 28.4 Å². The van der Waals surface area contributed by atoms with Gasteiger partial charge in [-0.2, -0.15) is 0 Å². The fourth-order valence-corrected chi connectivity index (χ4v) is 3.50. The smallest absolute Gasteiger partial charge is 0.406 e. The van der Waals surface area contributed by atoms with E-state index in [-0.39, 0.29) is 11.4 Å². The number of imidazole rings is 1. The van der Waals surface area contributed by atoms with Gasteiger partial charge in [-0.25, -0.2) is 18.4 Å². The monoisotopic (exact) mass is 513 g/mol. The molecule has 0 radical (unpaired) electrons. The fourth-order valence-electron chi connectivity index (χ4n) is 3.15. The Bertz CT molecular complexity index is 1250.